The van der Waals surface area contributed by atoms with E-state index in [1.165, 1.54) is 12.1 Å². The molecule has 1 N–H and O–H groups in total. The van der Waals surface area contributed by atoms with Crippen molar-refractivity contribution in [1.82, 2.24) is 4.90 Å². The minimum atomic E-state index is -0.551. The molecule has 0 radical (unpaired) electrons. The summed E-state index contributed by atoms with van der Waals surface area (Å²) in [6, 6.07) is 15.4. The van der Waals surface area contributed by atoms with E-state index in [0.717, 1.165) is 42.4 Å². The molecule has 2 aliphatic rings. The Labute approximate surface area is 164 Å². The molecule has 4 rings (SSSR count). The Morgan fingerprint density at radius 1 is 1.14 bits per heavy atom. The summed E-state index contributed by atoms with van der Waals surface area (Å²) in [7, 11) is 0. The van der Waals surface area contributed by atoms with Crippen LogP contribution in [0.4, 0.5) is 4.39 Å². The Bertz CT molecular complexity index is 900. The van der Waals surface area contributed by atoms with Gasteiger partial charge in [0.25, 0.3) is 0 Å². The van der Waals surface area contributed by atoms with Crippen LogP contribution in [-0.2, 0) is 4.79 Å². The fourth-order valence-corrected chi connectivity index (χ4v) is 4.66. The average molecular weight is 378 g/mol. The number of benzene rings is 2. The summed E-state index contributed by atoms with van der Waals surface area (Å²) >= 11 is 0. The number of carbonyl (C=O) groups is 1. The van der Waals surface area contributed by atoms with Gasteiger partial charge in [-0.2, -0.15) is 5.26 Å². The number of carbonyl (C=O) groups excluding carboxylic acids is 1. The van der Waals surface area contributed by atoms with Crippen molar-refractivity contribution in [3.63, 3.8) is 0 Å². The molecular weight excluding hydrogens is 355 g/mol. The van der Waals surface area contributed by atoms with E-state index in [0.29, 0.717) is 0 Å². The Morgan fingerprint density at radius 3 is 2.46 bits per heavy atom. The highest BCUT2D eigenvalue weighted by atomic mass is 19.1. The van der Waals surface area contributed by atoms with E-state index in [-0.39, 0.29) is 36.2 Å². The van der Waals surface area contributed by atoms with Crippen LogP contribution in [-0.4, -0.2) is 34.6 Å². The molecule has 1 aliphatic carbocycles. The zero-order chi connectivity index (χ0) is 19.7. The number of amides is 1. The number of aliphatic hydroxyl groups is 1. The topological polar surface area (TPSA) is 64.3 Å². The highest BCUT2D eigenvalue weighted by Gasteiger charge is 2.52. The molecule has 0 unspecified atom stereocenters. The summed E-state index contributed by atoms with van der Waals surface area (Å²) in [6.07, 6.45) is 3.85. The molecule has 2 fully saturated rings. The van der Waals surface area contributed by atoms with Crippen LogP contribution in [0.2, 0.25) is 0 Å². The van der Waals surface area contributed by atoms with E-state index in [2.05, 4.69) is 6.07 Å². The number of rotatable bonds is 4. The van der Waals surface area contributed by atoms with Gasteiger partial charge in [0.05, 0.1) is 18.7 Å². The molecule has 5 heteroatoms. The number of halogens is 1. The van der Waals surface area contributed by atoms with Crippen LogP contribution in [0.1, 0.15) is 37.2 Å². The molecule has 144 valence electrons. The first-order valence-electron chi connectivity index (χ1n) is 9.82. The van der Waals surface area contributed by atoms with Gasteiger partial charge in [-0.15, -0.1) is 0 Å². The third kappa shape index (κ3) is 3.18. The van der Waals surface area contributed by atoms with Crippen molar-refractivity contribution in [1.29, 1.82) is 5.26 Å². The van der Waals surface area contributed by atoms with Crippen LogP contribution in [0.5, 0.6) is 0 Å². The van der Waals surface area contributed by atoms with Gasteiger partial charge in [-0.1, -0.05) is 49.2 Å². The summed E-state index contributed by atoms with van der Waals surface area (Å²) in [5.74, 6) is -0.495. The van der Waals surface area contributed by atoms with Gasteiger partial charge in [-0.3, -0.25) is 4.79 Å². The van der Waals surface area contributed by atoms with Gasteiger partial charge in [-0.05, 0) is 41.7 Å². The third-order valence-electron chi connectivity index (χ3n) is 6.14. The number of hydrogen-bond donors (Lipinski definition) is 1. The summed E-state index contributed by atoms with van der Waals surface area (Å²) < 4.78 is 13.5. The molecule has 1 saturated heterocycles. The SMILES string of the molecule is N#C[C@H]1[C@H](c2ccc(-c3cccc(F)c3)cc2)[C@@H](CO)N1C(=O)C1CCCC1. The van der Waals surface area contributed by atoms with Gasteiger partial charge in [0.1, 0.15) is 11.9 Å². The van der Waals surface area contributed by atoms with Crippen molar-refractivity contribution < 1.29 is 14.3 Å². The second-order valence-electron chi connectivity index (χ2n) is 7.71. The first-order chi connectivity index (χ1) is 13.6. The molecule has 0 bridgehead atoms. The lowest BCUT2D eigenvalue weighted by atomic mass is 9.74. The fourth-order valence-electron chi connectivity index (χ4n) is 4.66. The lowest BCUT2D eigenvalue weighted by Gasteiger charge is -2.52. The van der Waals surface area contributed by atoms with E-state index >= 15 is 0 Å². The van der Waals surface area contributed by atoms with E-state index in [9.17, 15) is 19.6 Å². The van der Waals surface area contributed by atoms with Crippen LogP contribution >= 0.6 is 0 Å². The first-order valence-corrected chi connectivity index (χ1v) is 9.82. The predicted molar refractivity (Wildman–Crippen MR) is 104 cm³/mol. The highest BCUT2D eigenvalue weighted by Crippen LogP contribution is 2.43. The van der Waals surface area contributed by atoms with E-state index in [4.69, 9.17) is 0 Å². The molecule has 1 amide bonds. The molecule has 3 atom stereocenters. The van der Waals surface area contributed by atoms with E-state index in [1.54, 1.807) is 11.0 Å². The summed E-state index contributed by atoms with van der Waals surface area (Å²) in [5.41, 5.74) is 2.59. The molecule has 1 saturated carbocycles. The maximum atomic E-state index is 13.5. The minimum Gasteiger partial charge on any atom is -0.394 e. The van der Waals surface area contributed by atoms with Crippen molar-refractivity contribution >= 4 is 5.91 Å². The van der Waals surface area contributed by atoms with Gasteiger partial charge in [0, 0.05) is 11.8 Å². The predicted octanol–water partition coefficient (Wildman–Crippen LogP) is 3.86. The standard InChI is InChI=1S/C23H23FN2O2/c24-19-7-3-6-18(12-19)15-8-10-16(11-9-15)22-20(13-25)26(21(22)14-27)23(28)17-4-1-2-5-17/h3,6-12,17,20-22,27H,1-2,4-5,14H2/t20-,21+,22-/m0/s1. The molecule has 2 aromatic rings. The smallest absolute Gasteiger partial charge is 0.227 e. The molecule has 0 spiro atoms. The Morgan fingerprint density at radius 2 is 1.86 bits per heavy atom. The lowest BCUT2D eigenvalue weighted by Crippen LogP contribution is -2.66. The molecular formula is C23H23FN2O2. The largest absolute Gasteiger partial charge is 0.394 e. The molecule has 1 aliphatic heterocycles. The molecule has 2 aromatic carbocycles. The quantitative estimate of drug-likeness (QED) is 0.879. The number of hydrogen-bond acceptors (Lipinski definition) is 3. The highest BCUT2D eigenvalue weighted by molar-refractivity contribution is 5.82. The second-order valence-corrected chi connectivity index (χ2v) is 7.71. The van der Waals surface area contributed by atoms with E-state index < -0.39 is 6.04 Å². The Balaban J connectivity index is 1.56. The maximum Gasteiger partial charge on any atom is 0.227 e. The first kappa shape index (κ1) is 18.6. The van der Waals surface area contributed by atoms with Crippen molar-refractivity contribution in [3.05, 3.63) is 59.9 Å². The van der Waals surface area contributed by atoms with Crippen LogP contribution in [0.25, 0.3) is 11.1 Å². The number of likely N-dealkylation sites (tertiary alicyclic amines) is 1. The van der Waals surface area contributed by atoms with Gasteiger partial charge in [0.15, 0.2) is 0 Å². The number of nitrogens with zero attached hydrogens (tertiary/aromatic N) is 2. The normalized spacial score (nSPS) is 24.6. The third-order valence-corrected chi connectivity index (χ3v) is 6.14. The van der Waals surface area contributed by atoms with Crippen LogP contribution in [0, 0.1) is 23.1 Å². The molecule has 0 aromatic heterocycles. The monoisotopic (exact) mass is 378 g/mol. The van der Waals surface area contributed by atoms with Crippen LogP contribution in [0.15, 0.2) is 48.5 Å². The second kappa shape index (κ2) is 7.73. The van der Waals surface area contributed by atoms with E-state index in [1.807, 2.05) is 30.3 Å². The lowest BCUT2D eigenvalue weighted by molar-refractivity contribution is -0.151. The van der Waals surface area contributed by atoms with Crippen LogP contribution in [0.3, 0.4) is 0 Å². The molecule has 4 nitrogen and oxygen atoms in total. The molecule has 1 heterocycles. The molecule has 28 heavy (non-hydrogen) atoms. The van der Waals surface area contributed by atoms with Crippen molar-refractivity contribution in [2.45, 2.75) is 43.7 Å². The minimum absolute atomic E-state index is 0.00994. The number of nitriles is 1. The van der Waals surface area contributed by atoms with Gasteiger partial charge in [0.2, 0.25) is 5.91 Å². The fraction of sp³-hybridized carbons (Fsp3) is 0.391. The van der Waals surface area contributed by atoms with Gasteiger partial charge in [-0.25, -0.2) is 4.39 Å². The average Bonchev–Trinajstić information content (AvgIpc) is 3.23. The van der Waals surface area contributed by atoms with Crippen molar-refractivity contribution in [3.8, 4) is 17.2 Å². The maximum absolute atomic E-state index is 13.5. The van der Waals surface area contributed by atoms with Crippen LogP contribution < -0.4 is 0 Å². The summed E-state index contributed by atoms with van der Waals surface area (Å²) in [4.78, 5) is 14.4. The summed E-state index contributed by atoms with van der Waals surface area (Å²) in [6.45, 7) is -0.160. The Kier molecular flexibility index (Phi) is 5.15. The number of aliphatic hydroxyl groups excluding tert-OH is 1. The zero-order valence-corrected chi connectivity index (χ0v) is 15.6. The van der Waals surface area contributed by atoms with Gasteiger partial charge >= 0.3 is 0 Å². The summed E-state index contributed by atoms with van der Waals surface area (Å²) in [5, 5.41) is 19.6. The van der Waals surface area contributed by atoms with Crippen molar-refractivity contribution in [2.75, 3.05) is 6.61 Å². The van der Waals surface area contributed by atoms with Gasteiger partial charge < -0.3 is 10.0 Å². The van der Waals surface area contributed by atoms with Crippen molar-refractivity contribution in [2.24, 2.45) is 5.92 Å². The zero-order valence-electron chi connectivity index (χ0n) is 15.6. The Hall–Kier alpha value is -2.71.